The molecule has 0 radical (unpaired) electrons. The molecule has 0 atom stereocenters. The SMILES string of the molecule is N#CC1=NCC=C1[N+](=O)[O-]. The van der Waals surface area contributed by atoms with Crippen molar-refractivity contribution in [3.63, 3.8) is 0 Å². The molecule has 0 fully saturated rings. The van der Waals surface area contributed by atoms with Gasteiger partial charge in [0.05, 0.1) is 11.5 Å². The summed E-state index contributed by atoms with van der Waals surface area (Å²) < 4.78 is 0. The Hall–Kier alpha value is -1.70. The third-order valence-corrected chi connectivity index (χ3v) is 1.08. The Bertz CT molecular complexity index is 271. The number of nitriles is 1. The zero-order valence-corrected chi connectivity index (χ0v) is 4.94. The molecular formula is C5H3N3O2. The third-order valence-electron chi connectivity index (χ3n) is 1.08. The number of rotatable bonds is 1. The fourth-order valence-corrected chi connectivity index (χ4v) is 0.655. The lowest BCUT2D eigenvalue weighted by atomic mass is 10.3. The van der Waals surface area contributed by atoms with Crippen LogP contribution in [-0.2, 0) is 0 Å². The molecule has 0 aliphatic carbocycles. The first kappa shape index (κ1) is 6.42. The summed E-state index contributed by atoms with van der Waals surface area (Å²) in [5.41, 5.74) is -0.257. The smallest absolute Gasteiger partial charge is 0.264 e. The Balaban J connectivity index is 2.92. The van der Waals surface area contributed by atoms with E-state index in [1.807, 2.05) is 0 Å². The standard InChI is InChI=1S/C5H3N3O2/c6-3-4-5(8(9)10)1-2-7-4/h1H,2H2. The van der Waals surface area contributed by atoms with Crippen molar-refractivity contribution in [3.05, 3.63) is 21.9 Å². The van der Waals surface area contributed by atoms with E-state index < -0.39 is 4.92 Å². The van der Waals surface area contributed by atoms with Crippen LogP contribution in [0.4, 0.5) is 0 Å². The summed E-state index contributed by atoms with van der Waals surface area (Å²) in [6.45, 7) is 0.249. The van der Waals surface area contributed by atoms with Gasteiger partial charge < -0.3 is 0 Å². The van der Waals surface area contributed by atoms with Crippen LogP contribution in [0.1, 0.15) is 0 Å². The number of hydrogen-bond acceptors (Lipinski definition) is 4. The Morgan fingerprint density at radius 1 is 1.90 bits per heavy atom. The van der Waals surface area contributed by atoms with Crippen LogP contribution in [0.3, 0.4) is 0 Å². The van der Waals surface area contributed by atoms with E-state index in [9.17, 15) is 10.1 Å². The van der Waals surface area contributed by atoms with Crippen LogP contribution >= 0.6 is 0 Å². The maximum Gasteiger partial charge on any atom is 0.303 e. The van der Waals surface area contributed by atoms with Crippen molar-refractivity contribution in [3.8, 4) is 6.07 Å². The number of allylic oxidation sites excluding steroid dienone is 1. The average molecular weight is 137 g/mol. The lowest BCUT2D eigenvalue weighted by Gasteiger charge is -1.85. The molecule has 0 bridgehead atoms. The lowest BCUT2D eigenvalue weighted by Crippen LogP contribution is -2.05. The van der Waals surface area contributed by atoms with E-state index in [1.54, 1.807) is 6.07 Å². The highest BCUT2D eigenvalue weighted by Crippen LogP contribution is 2.05. The number of aliphatic imine (C=N–C) groups is 1. The largest absolute Gasteiger partial charge is 0.303 e. The maximum absolute atomic E-state index is 10.1. The van der Waals surface area contributed by atoms with Gasteiger partial charge in [0.25, 0.3) is 0 Å². The van der Waals surface area contributed by atoms with Crippen molar-refractivity contribution in [2.75, 3.05) is 6.54 Å². The van der Waals surface area contributed by atoms with Gasteiger partial charge in [-0.15, -0.1) is 0 Å². The second-order valence-corrected chi connectivity index (χ2v) is 1.65. The summed E-state index contributed by atoms with van der Waals surface area (Å²) >= 11 is 0. The normalized spacial score (nSPS) is 15.5. The second kappa shape index (κ2) is 2.27. The average Bonchev–Trinajstić information content (AvgIpc) is 2.33. The van der Waals surface area contributed by atoms with Gasteiger partial charge in [0.15, 0.2) is 0 Å². The van der Waals surface area contributed by atoms with E-state index in [0.717, 1.165) is 0 Å². The minimum Gasteiger partial charge on any atom is -0.264 e. The van der Waals surface area contributed by atoms with Gasteiger partial charge >= 0.3 is 5.70 Å². The number of nitrogens with zero attached hydrogens (tertiary/aromatic N) is 3. The van der Waals surface area contributed by atoms with Gasteiger partial charge in [-0.1, -0.05) is 0 Å². The summed E-state index contributed by atoms with van der Waals surface area (Å²) in [6.07, 6.45) is 1.32. The summed E-state index contributed by atoms with van der Waals surface area (Å²) in [7, 11) is 0. The highest BCUT2D eigenvalue weighted by atomic mass is 16.6. The summed E-state index contributed by atoms with van der Waals surface area (Å²) in [5, 5.41) is 18.3. The monoisotopic (exact) mass is 137 g/mol. The van der Waals surface area contributed by atoms with Crippen molar-refractivity contribution < 1.29 is 4.92 Å². The predicted octanol–water partition coefficient (Wildman–Crippen LogP) is 0.125. The Labute approximate surface area is 56.4 Å². The van der Waals surface area contributed by atoms with Crippen LogP contribution in [-0.4, -0.2) is 17.2 Å². The van der Waals surface area contributed by atoms with Gasteiger partial charge in [0.1, 0.15) is 6.07 Å². The Morgan fingerprint density at radius 2 is 2.60 bits per heavy atom. The molecule has 5 heteroatoms. The van der Waals surface area contributed by atoms with Gasteiger partial charge in [-0.05, 0) is 0 Å². The summed E-state index contributed by atoms with van der Waals surface area (Å²) in [6, 6.07) is 1.64. The van der Waals surface area contributed by atoms with Gasteiger partial charge in [-0.2, -0.15) is 5.26 Å². The van der Waals surface area contributed by atoms with Crippen molar-refractivity contribution >= 4 is 5.71 Å². The van der Waals surface area contributed by atoms with Crippen LogP contribution < -0.4 is 0 Å². The molecule has 0 N–H and O–H groups in total. The van der Waals surface area contributed by atoms with Crippen molar-refractivity contribution in [1.29, 1.82) is 5.26 Å². The maximum atomic E-state index is 10.1. The zero-order valence-electron chi connectivity index (χ0n) is 4.94. The topological polar surface area (TPSA) is 79.3 Å². The van der Waals surface area contributed by atoms with Crippen molar-refractivity contribution in [1.82, 2.24) is 0 Å². The molecule has 0 saturated carbocycles. The quantitative estimate of drug-likeness (QED) is 0.380. The van der Waals surface area contributed by atoms with Gasteiger partial charge in [-0.25, -0.2) is 0 Å². The molecule has 0 aromatic heterocycles. The molecule has 50 valence electrons. The molecule has 0 aromatic rings. The first-order valence-corrected chi connectivity index (χ1v) is 2.55. The lowest BCUT2D eigenvalue weighted by molar-refractivity contribution is -0.414. The third kappa shape index (κ3) is 0.865. The Kier molecular flexibility index (Phi) is 1.46. The fourth-order valence-electron chi connectivity index (χ4n) is 0.655. The van der Waals surface area contributed by atoms with Crippen molar-refractivity contribution in [2.24, 2.45) is 4.99 Å². The molecule has 10 heavy (non-hydrogen) atoms. The minimum atomic E-state index is -0.602. The molecule has 1 rings (SSSR count). The van der Waals surface area contributed by atoms with Crippen molar-refractivity contribution in [2.45, 2.75) is 0 Å². The van der Waals surface area contributed by atoms with Crippen LogP contribution in [0.15, 0.2) is 16.8 Å². The molecule has 0 spiro atoms. The molecule has 5 nitrogen and oxygen atoms in total. The summed E-state index contributed by atoms with van der Waals surface area (Å²) in [5.74, 6) is 0. The molecule has 1 heterocycles. The highest BCUT2D eigenvalue weighted by Gasteiger charge is 2.21. The Morgan fingerprint density at radius 3 is 3.00 bits per heavy atom. The zero-order chi connectivity index (χ0) is 7.56. The highest BCUT2D eigenvalue weighted by molar-refractivity contribution is 6.10. The fraction of sp³-hybridized carbons (Fsp3) is 0.200. The number of nitro groups is 1. The van der Waals surface area contributed by atoms with E-state index in [2.05, 4.69) is 4.99 Å². The molecule has 0 aromatic carbocycles. The van der Waals surface area contributed by atoms with E-state index in [1.165, 1.54) is 6.08 Å². The van der Waals surface area contributed by atoms with Gasteiger partial charge in [0, 0.05) is 6.08 Å². The molecule has 0 saturated heterocycles. The molecule has 1 aliphatic rings. The molecule has 0 amide bonds. The first-order chi connectivity index (χ1) is 4.75. The van der Waals surface area contributed by atoms with Crippen LogP contribution in [0.5, 0.6) is 0 Å². The molecule has 0 unspecified atom stereocenters. The van der Waals surface area contributed by atoms with Crippen LogP contribution in [0, 0.1) is 21.4 Å². The summed E-state index contributed by atoms with van der Waals surface area (Å²) in [4.78, 5) is 13.1. The van der Waals surface area contributed by atoms with Crippen LogP contribution in [0.25, 0.3) is 0 Å². The second-order valence-electron chi connectivity index (χ2n) is 1.65. The van der Waals surface area contributed by atoms with E-state index in [4.69, 9.17) is 5.26 Å². The van der Waals surface area contributed by atoms with E-state index in [0.29, 0.717) is 0 Å². The minimum absolute atomic E-state index is 0.0787. The first-order valence-electron chi connectivity index (χ1n) is 2.55. The molecular weight excluding hydrogens is 134 g/mol. The van der Waals surface area contributed by atoms with E-state index >= 15 is 0 Å². The van der Waals surface area contributed by atoms with E-state index in [-0.39, 0.29) is 18.0 Å². The van der Waals surface area contributed by atoms with Gasteiger partial charge in [-0.3, -0.25) is 15.1 Å². The molecule has 1 aliphatic heterocycles. The predicted molar refractivity (Wildman–Crippen MR) is 33.0 cm³/mol. The van der Waals surface area contributed by atoms with Crippen LogP contribution in [0.2, 0.25) is 0 Å². The number of hydrogen-bond donors (Lipinski definition) is 0. The van der Waals surface area contributed by atoms with Gasteiger partial charge in [0.2, 0.25) is 5.71 Å².